The van der Waals surface area contributed by atoms with Gasteiger partial charge < -0.3 is 9.32 Å². The molecule has 0 radical (unpaired) electrons. The van der Waals surface area contributed by atoms with Gasteiger partial charge in [0, 0.05) is 13.1 Å². The maximum atomic E-state index is 13.3. The number of hydrogen-bond donors (Lipinski definition) is 0. The quantitative estimate of drug-likeness (QED) is 0.730. The van der Waals surface area contributed by atoms with E-state index in [1.54, 1.807) is 12.1 Å². The molecule has 1 aromatic heterocycles. The molecule has 2 heterocycles. The van der Waals surface area contributed by atoms with Gasteiger partial charge in [0.05, 0.1) is 6.54 Å². The molecule has 2 aromatic rings. The number of likely N-dealkylation sites (tertiary alicyclic amines) is 1. The first-order chi connectivity index (χ1) is 12.5. The van der Waals surface area contributed by atoms with Gasteiger partial charge in [-0.05, 0) is 88.5 Å². The molecule has 0 unspecified atom stereocenters. The molecular weight excluding hydrogens is 327 g/mol. The Morgan fingerprint density at radius 2 is 1.96 bits per heavy atom. The van der Waals surface area contributed by atoms with E-state index in [9.17, 15) is 4.39 Å². The van der Waals surface area contributed by atoms with Gasteiger partial charge in [0.1, 0.15) is 17.3 Å². The molecule has 1 fully saturated rings. The summed E-state index contributed by atoms with van der Waals surface area (Å²) in [5.74, 6) is 2.71. The minimum atomic E-state index is -0.133. The maximum absolute atomic E-state index is 13.3. The first kappa shape index (κ1) is 19.1. The van der Waals surface area contributed by atoms with E-state index in [4.69, 9.17) is 4.42 Å². The second-order valence-electron chi connectivity index (χ2n) is 7.81. The van der Waals surface area contributed by atoms with Gasteiger partial charge in [-0.25, -0.2) is 4.39 Å². The van der Waals surface area contributed by atoms with Crippen LogP contribution in [0.3, 0.4) is 0 Å². The summed E-state index contributed by atoms with van der Waals surface area (Å²) in [5, 5.41) is 0. The smallest absolute Gasteiger partial charge is 0.123 e. The first-order valence-corrected chi connectivity index (χ1v) is 9.71. The van der Waals surface area contributed by atoms with Crippen LogP contribution in [0.4, 0.5) is 4.39 Å². The summed E-state index contributed by atoms with van der Waals surface area (Å²) in [4.78, 5) is 4.89. The van der Waals surface area contributed by atoms with Crippen molar-refractivity contribution in [1.82, 2.24) is 9.80 Å². The van der Waals surface area contributed by atoms with Gasteiger partial charge in [0.2, 0.25) is 0 Å². The Labute approximate surface area is 156 Å². The molecule has 142 valence electrons. The molecule has 0 saturated carbocycles. The Bertz CT molecular complexity index is 684. The molecule has 1 aliphatic rings. The molecule has 3 rings (SSSR count). The highest BCUT2D eigenvalue weighted by Crippen LogP contribution is 2.20. The van der Waals surface area contributed by atoms with Crippen LogP contribution in [0.2, 0.25) is 0 Å². The molecular formula is C22H31FN2O. The number of hydrogen-bond acceptors (Lipinski definition) is 3. The second-order valence-corrected chi connectivity index (χ2v) is 7.81. The molecule has 3 nitrogen and oxygen atoms in total. The van der Waals surface area contributed by atoms with Gasteiger partial charge in [-0.15, -0.1) is 0 Å². The molecule has 0 bridgehead atoms. The van der Waals surface area contributed by atoms with E-state index in [2.05, 4.69) is 29.8 Å². The molecule has 1 aliphatic heterocycles. The lowest BCUT2D eigenvalue weighted by Gasteiger charge is -2.33. The fourth-order valence-corrected chi connectivity index (χ4v) is 3.87. The Morgan fingerprint density at radius 1 is 1.19 bits per heavy atom. The molecule has 1 saturated heterocycles. The summed E-state index contributed by atoms with van der Waals surface area (Å²) in [6.45, 7) is 9.45. The van der Waals surface area contributed by atoms with Gasteiger partial charge in [-0.1, -0.05) is 12.1 Å². The monoisotopic (exact) mass is 358 g/mol. The fourth-order valence-electron chi connectivity index (χ4n) is 3.87. The van der Waals surface area contributed by atoms with Crippen LogP contribution in [0.1, 0.15) is 35.5 Å². The van der Waals surface area contributed by atoms with Gasteiger partial charge in [-0.3, -0.25) is 4.90 Å². The lowest BCUT2D eigenvalue weighted by atomic mass is 9.96. The van der Waals surface area contributed by atoms with Crippen LogP contribution in [0.25, 0.3) is 0 Å². The van der Waals surface area contributed by atoms with Crippen LogP contribution >= 0.6 is 0 Å². The molecule has 0 N–H and O–H groups in total. The number of piperidine rings is 1. The van der Waals surface area contributed by atoms with Gasteiger partial charge >= 0.3 is 0 Å². The molecule has 26 heavy (non-hydrogen) atoms. The number of benzene rings is 1. The lowest BCUT2D eigenvalue weighted by molar-refractivity contribution is 0.150. The predicted molar refractivity (Wildman–Crippen MR) is 104 cm³/mol. The second kappa shape index (κ2) is 8.83. The topological polar surface area (TPSA) is 19.6 Å². The highest BCUT2D eigenvalue weighted by molar-refractivity contribution is 5.18. The normalized spacial score (nSPS) is 16.5. The van der Waals surface area contributed by atoms with Crippen molar-refractivity contribution in [3.8, 4) is 0 Å². The molecule has 0 atom stereocenters. The summed E-state index contributed by atoms with van der Waals surface area (Å²) < 4.78 is 19.1. The van der Waals surface area contributed by atoms with E-state index in [-0.39, 0.29) is 5.82 Å². The van der Waals surface area contributed by atoms with Crippen LogP contribution in [0.15, 0.2) is 34.7 Å². The maximum Gasteiger partial charge on any atom is 0.123 e. The third-order valence-corrected chi connectivity index (χ3v) is 5.53. The van der Waals surface area contributed by atoms with E-state index < -0.39 is 0 Å². The highest BCUT2D eigenvalue weighted by atomic mass is 19.1. The Hall–Kier alpha value is -1.65. The van der Waals surface area contributed by atoms with Gasteiger partial charge in [0.15, 0.2) is 0 Å². The first-order valence-electron chi connectivity index (χ1n) is 9.71. The Balaban J connectivity index is 1.38. The number of aryl methyl sites for hydroxylation is 2. The van der Waals surface area contributed by atoms with Crippen LogP contribution in [-0.2, 0) is 13.0 Å². The van der Waals surface area contributed by atoms with Crippen molar-refractivity contribution in [2.24, 2.45) is 5.92 Å². The third-order valence-electron chi connectivity index (χ3n) is 5.53. The fraction of sp³-hybridized carbons (Fsp3) is 0.545. The minimum Gasteiger partial charge on any atom is -0.465 e. The average molecular weight is 359 g/mol. The molecule has 0 aliphatic carbocycles. The zero-order valence-electron chi connectivity index (χ0n) is 16.3. The third kappa shape index (κ3) is 5.42. The largest absolute Gasteiger partial charge is 0.465 e. The standard InChI is InChI=1S/C22H31FN2O/c1-17-13-22(26-18(17)2)16-24(3)15-20-8-11-25(12-9-20)10-7-19-5-4-6-21(23)14-19/h4-6,13-14,20H,7-12,15-16H2,1-3H3. The van der Waals surface area contributed by atoms with Crippen molar-refractivity contribution in [3.63, 3.8) is 0 Å². The summed E-state index contributed by atoms with van der Waals surface area (Å²) in [5.41, 5.74) is 2.33. The molecule has 4 heteroatoms. The average Bonchev–Trinajstić information content (AvgIpc) is 2.91. The van der Waals surface area contributed by atoms with Crippen LogP contribution in [-0.4, -0.2) is 43.0 Å². The SMILES string of the molecule is Cc1cc(CN(C)CC2CCN(CCc3cccc(F)c3)CC2)oc1C. The predicted octanol–water partition coefficient (Wildman–Crippen LogP) is 4.42. The van der Waals surface area contributed by atoms with Crippen molar-refractivity contribution in [2.75, 3.05) is 33.2 Å². The Morgan fingerprint density at radius 3 is 2.62 bits per heavy atom. The van der Waals surface area contributed by atoms with Crippen LogP contribution in [0, 0.1) is 25.6 Å². The zero-order chi connectivity index (χ0) is 18.5. The van der Waals surface area contributed by atoms with E-state index in [1.165, 1.54) is 24.5 Å². The van der Waals surface area contributed by atoms with Crippen molar-refractivity contribution >= 4 is 0 Å². The number of furan rings is 1. The molecule has 0 amide bonds. The van der Waals surface area contributed by atoms with E-state index in [1.807, 2.05) is 13.0 Å². The lowest BCUT2D eigenvalue weighted by Crippen LogP contribution is -2.38. The van der Waals surface area contributed by atoms with Gasteiger partial charge in [0.25, 0.3) is 0 Å². The minimum absolute atomic E-state index is 0.133. The van der Waals surface area contributed by atoms with Crippen molar-refractivity contribution in [3.05, 3.63) is 58.8 Å². The number of rotatable bonds is 7. The van der Waals surface area contributed by atoms with E-state index in [0.29, 0.717) is 0 Å². The van der Waals surface area contributed by atoms with E-state index >= 15 is 0 Å². The van der Waals surface area contributed by atoms with Crippen LogP contribution in [0.5, 0.6) is 0 Å². The Kier molecular flexibility index (Phi) is 6.49. The number of nitrogens with zero attached hydrogens (tertiary/aromatic N) is 2. The van der Waals surface area contributed by atoms with Crippen molar-refractivity contribution in [2.45, 2.75) is 39.7 Å². The number of halogens is 1. The summed E-state index contributed by atoms with van der Waals surface area (Å²) in [6, 6.07) is 9.13. The summed E-state index contributed by atoms with van der Waals surface area (Å²) in [7, 11) is 2.18. The van der Waals surface area contributed by atoms with E-state index in [0.717, 1.165) is 62.1 Å². The van der Waals surface area contributed by atoms with Crippen molar-refractivity contribution in [1.29, 1.82) is 0 Å². The molecule has 1 aromatic carbocycles. The summed E-state index contributed by atoms with van der Waals surface area (Å²) in [6.07, 6.45) is 3.41. The van der Waals surface area contributed by atoms with Gasteiger partial charge in [-0.2, -0.15) is 0 Å². The van der Waals surface area contributed by atoms with Crippen LogP contribution < -0.4 is 0 Å². The van der Waals surface area contributed by atoms with Crippen molar-refractivity contribution < 1.29 is 8.81 Å². The highest BCUT2D eigenvalue weighted by Gasteiger charge is 2.20. The summed E-state index contributed by atoms with van der Waals surface area (Å²) >= 11 is 0. The zero-order valence-corrected chi connectivity index (χ0v) is 16.3. The molecule has 0 spiro atoms.